The zero-order chi connectivity index (χ0) is 9.97. The van der Waals surface area contributed by atoms with Gasteiger partial charge in [0.05, 0.1) is 5.02 Å². The molecule has 0 radical (unpaired) electrons. The Morgan fingerprint density at radius 1 is 1.33 bits per heavy atom. The maximum absolute atomic E-state index is 13.2. The van der Waals surface area contributed by atoms with Crippen LogP contribution in [-0.4, -0.2) is 19.6 Å². The van der Waals surface area contributed by atoms with Gasteiger partial charge in [0.25, 0.3) is 0 Å². The van der Waals surface area contributed by atoms with Crippen LogP contribution in [0.3, 0.4) is 0 Å². The molecule has 1 aliphatic heterocycles. The number of hydrogen-bond acceptors (Lipinski definition) is 2. The van der Waals surface area contributed by atoms with Crippen molar-refractivity contribution in [2.45, 2.75) is 6.04 Å². The zero-order valence-corrected chi connectivity index (χ0v) is 9.67. The fourth-order valence-corrected chi connectivity index (χ4v) is 1.74. The molecule has 1 aromatic carbocycles. The normalized spacial score (nSPS) is 20.8. The first-order chi connectivity index (χ1) is 6.77. The molecule has 1 saturated heterocycles. The molecule has 0 aliphatic carbocycles. The lowest BCUT2D eigenvalue weighted by atomic mass is 10.1. The number of halogens is 3. The maximum atomic E-state index is 13.2. The smallest absolute Gasteiger partial charge is 0.142 e. The van der Waals surface area contributed by atoms with E-state index in [1.807, 2.05) is 6.07 Å². The van der Waals surface area contributed by atoms with Crippen LogP contribution in [0.2, 0.25) is 5.02 Å². The number of rotatable bonds is 1. The van der Waals surface area contributed by atoms with Crippen molar-refractivity contribution in [2.24, 2.45) is 0 Å². The Balaban J connectivity index is 0.00000112. The van der Waals surface area contributed by atoms with Gasteiger partial charge in [0.1, 0.15) is 5.82 Å². The molecule has 0 saturated carbocycles. The molecule has 5 heteroatoms. The van der Waals surface area contributed by atoms with Gasteiger partial charge in [0, 0.05) is 25.7 Å². The van der Waals surface area contributed by atoms with Crippen LogP contribution in [0.25, 0.3) is 0 Å². The van der Waals surface area contributed by atoms with E-state index in [9.17, 15) is 4.39 Å². The summed E-state index contributed by atoms with van der Waals surface area (Å²) in [7, 11) is 0. The van der Waals surface area contributed by atoms with Gasteiger partial charge in [0.2, 0.25) is 0 Å². The van der Waals surface area contributed by atoms with E-state index in [0.717, 1.165) is 25.2 Å². The summed E-state index contributed by atoms with van der Waals surface area (Å²) in [5.74, 6) is -0.350. The predicted octanol–water partition coefficient (Wildman–Crippen LogP) is 2.13. The molecule has 0 unspecified atom stereocenters. The van der Waals surface area contributed by atoms with Crippen LogP contribution in [0.4, 0.5) is 4.39 Å². The molecule has 0 bridgehead atoms. The number of piperazine rings is 1. The zero-order valence-electron chi connectivity index (χ0n) is 8.09. The summed E-state index contributed by atoms with van der Waals surface area (Å²) in [6.07, 6.45) is 0. The molecule has 1 aliphatic rings. The van der Waals surface area contributed by atoms with Crippen LogP contribution in [-0.2, 0) is 0 Å². The van der Waals surface area contributed by atoms with Crippen LogP contribution >= 0.6 is 24.0 Å². The minimum Gasteiger partial charge on any atom is -0.314 e. The molecule has 2 N–H and O–H groups in total. The molecule has 0 aromatic heterocycles. The molecule has 84 valence electrons. The number of hydrogen-bond donors (Lipinski definition) is 2. The highest BCUT2D eigenvalue weighted by atomic mass is 35.5. The summed E-state index contributed by atoms with van der Waals surface area (Å²) in [6.45, 7) is 2.71. The highest BCUT2D eigenvalue weighted by molar-refractivity contribution is 6.30. The average Bonchev–Trinajstić information content (AvgIpc) is 2.23. The van der Waals surface area contributed by atoms with E-state index in [2.05, 4.69) is 10.6 Å². The molecular weight excluding hydrogens is 238 g/mol. The van der Waals surface area contributed by atoms with Crippen molar-refractivity contribution in [3.05, 3.63) is 34.6 Å². The molecule has 1 aromatic rings. The fourth-order valence-electron chi connectivity index (χ4n) is 1.62. The van der Waals surface area contributed by atoms with Gasteiger partial charge in [-0.15, -0.1) is 12.4 Å². The SMILES string of the molecule is Cl.Fc1cc([C@@H]2CNCCN2)ccc1Cl. The molecule has 1 atom stereocenters. The molecule has 2 rings (SSSR count). The van der Waals surface area contributed by atoms with Crippen LogP contribution in [0.5, 0.6) is 0 Å². The van der Waals surface area contributed by atoms with Gasteiger partial charge in [-0.1, -0.05) is 17.7 Å². The summed E-state index contributed by atoms with van der Waals surface area (Å²) >= 11 is 5.61. The lowest BCUT2D eigenvalue weighted by Crippen LogP contribution is -2.42. The third-order valence-electron chi connectivity index (χ3n) is 2.39. The lowest BCUT2D eigenvalue weighted by Gasteiger charge is -2.24. The highest BCUT2D eigenvalue weighted by Gasteiger charge is 2.15. The van der Waals surface area contributed by atoms with Gasteiger partial charge in [-0.25, -0.2) is 4.39 Å². The van der Waals surface area contributed by atoms with Crippen molar-refractivity contribution in [2.75, 3.05) is 19.6 Å². The van der Waals surface area contributed by atoms with Crippen LogP contribution < -0.4 is 10.6 Å². The van der Waals surface area contributed by atoms with Gasteiger partial charge in [-0.2, -0.15) is 0 Å². The van der Waals surface area contributed by atoms with Crippen molar-refractivity contribution < 1.29 is 4.39 Å². The second-order valence-corrected chi connectivity index (χ2v) is 3.79. The van der Waals surface area contributed by atoms with E-state index in [0.29, 0.717) is 0 Å². The minimum atomic E-state index is -0.350. The fraction of sp³-hybridized carbons (Fsp3) is 0.400. The van der Waals surface area contributed by atoms with E-state index in [4.69, 9.17) is 11.6 Å². The van der Waals surface area contributed by atoms with Gasteiger partial charge in [0.15, 0.2) is 0 Å². The largest absolute Gasteiger partial charge is 0.314 e. The maximum Gasteiger partial charge on any atom is 0.142 e. The van der Waals surface area contributed by atoms with Crippen molar-refractivity contribution >= 4 is 24.0 Å². The van der Waals surface area contributed by atoms with E-state index in [1.165, 1.54) is 6.07 Å². The molecule has 1 fully saturated rings. The monoisotopic (exact) mass is 250 g/mol. The Labute approximate surface area is 99.6 Å². The van der Waals surface area contributed by atoms with Crippen LogP contribution in [0, 0.1) is 5.82 Å². The topological polar surface area (TPSA) is 24.1 Å². The molecule has 1 heterocycles. The first-order valence-electron chi connectivity index (χ1n) is 4.66. The van der Waals surface area contributed by atoms with Gasteiger partial charge in [-0.3, -0.25) is 0 Å². The van der Waals surface area contributed by atoms with Crippen molar-refractivity contribution in [1.82, 2.24) is 10.6 Å². The minimum absolute atomic E-state index is 0. The third kappa shape index (κ3) is 3.05. The van der Waals surface area contributed by atoms with Gasteiger partial charge >= 0.3 is 0 Å². The quantitative estimate of drug-likeness (QED) is 0.799. The van der Waals surface area contributed by atoms with Crippen LogP contribution in [0.15, 0.2) is 18.2 Å². The van der Waals surface area contributed by atoms with E-state index >= 15 is 0 Å². The molecular formula is C10H13Cl2FN2. The molecule has 2 nitrogen and oxygen atoms in total. The van der Waals surface area contributed by atoms with E-state index in [1.54, 1.807) is 6.07 Å². The van der Waals surface area contributed by atoms with Gasteiger partial charge in [-0.05, 0) is 17.7 Å². The summed E-state index contributed by atoms with van der Waals surface area (Å²) in [5, 5.41) is 6.74. The van der Waals surface area contributed by atoms with Gasteiger partial charge < -0.3 is 10.6 Å². The number of benzene rings is 1. The Morgan fingerprint density at radius 3 is 2.73 bits per heavy atom. The van der Waals surface area contributed by atoms with Crippen molar-refractivity contribution in [3.8, 4) is 0 Å². The van der Waals surface area contributed by atoms with Crippen LogP contribution in [0.1, 0.15) is 11.6 Å². The Morgan fingerprint density at radius 2 is 2.13 bits per heavy atom. The van der Waals surface area contributed by atoms with E-state index in [-0.39, 0.29) is 29.3 Å². The second kappa shape index (κ2) is 5.66. The summed E-state index contributed by atoms with van der Waals surface area (Å²) in [4.78, 5) is 0. The highest BCUT2D eigenvalue weighted by Crippen LogP contribution is 2.20. The van der Waals surface area contributed by atoms with Crippen molar-refractivity contribution in [3.63, 3.8) is 0 Å². The first kappa shape index (κ1) is 12.7. The number of nitrogens with one attached hydrogen (secondary N) is 2. The Kier molecular flexibility index (Phi) is 4.80. The average molecular weight is 251 g/mol. The standard InChI is InChI=1S/C10H12ClFN2.ClH/c11-8-2-1-7(5-9(8)12)10-6-13-3-4-14-10;/h1-2,5,10,13-14H,3-4,6H2;1H/t10-;/m0./s1. The summed E-state index contributed by atoms with van der Waals surface area (Å²) < 4.78 is 13.2. The second-order valence-electron chi connectivity index (χ2n) is 3.38. The molecule has 0 spiro atoms. The first-order valence-corrected chi connectivity index (χ1v) is 5.04. The summed E-state index contributed by atoms with van der Waals surface area (Å²) in [5.41, 5.74) is 0.944. The molecule has 0 amide bonds. The Bertz CT molecular complexity index is 327. The molecule has 15 heavy (non-hydrogen) atoms. The summed E-state index contributed by atoms with van der Waals surface area (Å²) in [6, 6.07) is 5.14. The predicted molar refractivity (Wildman–Crippen MR) is 62.3 cm³/mol. The third-order valence-corrected chi connectivity index (χ3v) is 2.69. The Hall–Kier alpha value is -0.350. The van der Waals surface area contributed by atoms with E-state index < -0.39 is 0 Å². The lowest BCUT2D eigenvalue weighted by molar-refractivity contribution is 0.428. The van der Waals surface area contributed by atoms with Crippen molar-refractivity contribution in [1.29, 1.82) is 0 Å².